The number of nitrogens with zero attached hydrogens (tertiary/aromatic N) is 1. The number of benzene rings is 1. The highest BCUT2D eigenvalue weighted by Crippen LogP contribution is 2.32. The number of carboxylic acids is 1. The summed E-state index contributed by atoms with van der Waals surface area (Å²) in [6.07, 6.45) is 0. The Morgan fingerprint density at radius 1 is 1.35 bits per heavy atom. The number of carbonyl (C=O) groups is 1. The van der Waals surface area contributed by atoms with E-state index in [1.165, 1.54) is 6.07 Å². The molecule has 0 bridgehead atoms. The number of rotatable bonds is 2. The first-order chi connectivity index (χ1) is 8.00. The number of H-pyrrole nitrogens is 1. The van der Waals surface area contributed by atoms with E-state index < -0.39 is 5.97 Å². The number of hydrogen-bond donors (Lipinski definition) is 3. The molecule has 3 N–H and O–H groups in total. The first-order valence-corrected chi connectivity index (χ1v) is 5.09. The van der Waals surface area contributed by atoms with E-state index in [9.17, 15) is 9.90 Å². The van der Waals surface area contributed by atoms with E-state index in [4.69, 9.17) is 5.11 Å². The van der Waals surface area contributed by atoms with Crippen molar-refractivity contribution < 1.29 is 15.0 Å². The van der Waals surface area contributed by atoms with E-state index in [0.717, 1.165) is 11.1 Å². The molecule has 17 heavy (non-hydrogen) atoms. The molecule has 1 aromatic heterocycles. The minimum Gasteiger partial charge on any atom is -0.507 e. The lowest BCUT2D eigenvalue weighted by molar-refractivity contribution is 0.0690. The first-order valence-electron chi connectivity index (χ1n) is 5.09. The van der Waals surface area contributed by atoms with Gasteiger partial charge in [0.1, 0.15) is 11.4 Å². The van der Waals surface area contributed by atoms with Crippen molar-refractivity contribution in [2.45, 2.75) is 13.8 Å². The van der Waals surface area contributed by atoms with E-state index in [-0.39, 0.29) is 11.4 Å². The zero-order valence-electron chi connectivity index (χ0n) is 9.48. The Labute approximate surface area is 97.7 Å². The van der Waals surface area contributed by atoms with Gasteiger partial charge in [-0.15, -0.1) is 0 Å². The first kappa shape index (κ1) is 11.2. The number of hydrogen-bond acceptors (Lipinski definition) is 3. The highest BCUT2D eigenvalue weighted by Gasteiger charge is 2.14. The molecule has 1 aromatic carbocycles. The van der Waals surface area contributed by atoms with Crippen molar-refractivity contribution in [1.82, 2.24) is 10.2 Å². The zero-order valence-corrected chi connectivity index (χ0v) is 9.48. The van der Waals surface area contributed by atoms with Crippen molar-refractivity contribution in [3.8, 4) is 17.0 Å². The average molecular weight is 232 g/mol. The number of phenolic OH excluding ortho intramolecular Hbond substituents is 1. The molecule has 5 nitrogen and oxygen atoms in total. The maximum atomic E-state index is 10.7. The third-order valence-electron chi connectivity index (χ3n) is 2.79. The van der Waals surface area contributed by atoms with Gasteiger partial charge in [0.15, 0.2) is 0 Å². The summed E-state index contributed by atoms with van der Waals surface area (Å²) in [6.45, 7) is 3.70. The molecule has 0 spiro atoms. The number of aromatic amines is 1. The predicted octanol–water partition coefficient (Wildman–Crippen LogP) is 2.10. The highest BCUT2D eigenvalue weighted by atomic mass is 16.4. The van der Waals surface area contributed by atoms with Crippen LogP contribution in [-0.2, 0) is 0 Å². The molecule has 88 valence electrons. The SMILES string of the molecule is Cc1ccc(-c2cc(C(=O)O)[nH]n2)c(O)c1C. The van der Waals surface area contributed by atoms with Gasteiger partial charge < -0.3 is 10.2 Å². The molecule has 0 aliphatic carbocycles. The second-order valence-electron chi connectivity index (χ2n) is 3.88. The van der Waals surface area contributed by atoms with Crippen LogP contribution in [0, 0.1) is 13.8 Å². The van der Waals surface area contributed by atoms with Crippen molar-refractivity contribution >= 4 is 5.97 Å². The lowest BCUT2D eigenvalue weighted by Gasteiger charge is -2.07. The Balaban J connectivity index is 2.53. The Morgan fingerprint density at radius 2 is 2.06 bits per heavy atom. The molecule has 0 atom stereocenters. The molecule has 5 heteroatoms. The van der Waals surface area contributed by atoms with Crippen LogP contribution in [0.15, 0.2) is 18.2 Å². The standard InChI is InChI=1S/C12H12N2O3/c1-6-3-4-8(11(15)7(6)2)9-5-10(12(16)17)14-13-9/h3-5,15H,1-2H3,(H,13,14)(H,16,17). The lowest BCUT2D eigenvalue weighted by Crippen LogP contribution is -1.95. The average Bonchev–Trinajstić information content (AvgIpc) is 2.75. The van der Waals surface area contributed by atoms with E-state index >= 15 is 0 Å². The van der Waals surface area contributed by atoms with E-state index in [1.807, 2.05) is 13.0 Å². The molecule has 0 amide bonds. The number of aromatic carboxylic acids is 1. The normalized spacial score (nSPS) is 10.5. The number of phenols is 1. The topological polar surface area (TPSA) is 86.2 Å². The molecular formula is C12H12N2O3. The van der Waals surface area contributed by atoms with Gasteiger partial charge in [-0.1, -0.05) is 6.07 Å². The summed E-state index contributed by atoms with van der Waals surface area (Å²) in [5.41, 5.74) is 2.68. The summed E-state index contributed by atoms with van der Waals surface area (Å²) in [6, 6.07) is 4.98. The van der Waals surface area contributed by atoms with Crippen LogP contribution in [0.5, 0.6) is 5.75 Å². The fourth-order valence-electron chi connectivity index (χ4n) is 1.58. The van der Waals surface area contributed by atoms with Gasteiger partial charge in [-0.2, -0.15) is 5.10 Å². The Morgan fingerprint density at radius 3 is 2.65 bits per heavy atom. The highest BCUT2D eigenvalue weighted by molar-refractivity contribution is 5.87. The van der Waals surface area contributed by atoms with Crippen LogP contribution in [0.1, 0.15) is 21.6 Å². The van der Waals surface area contributed by atoms with Crippen LogP contribution in [0.3, 0.4) is 0 Å². The van der Waals surface area contributed by atoms with Crippen LogP contribution >= 0.6 is 0 Å². The Hall–Kier alpha value is -2.30. The lowest BCUT2D eigenvalue weighted by atomic mass is 10.0. The number of aromatic hydroxyl groups is 1. The van der Waals surface area contributed by atoms with Crippen LogP contribution in [-0.4, -0.2) is 26.4 Å². The van der Waals surface area contributed by atoms with Gasteiger partial charge in [0.2, 0.25) is 0 Å². The monoisotopic (exact) mass is 232 g/mol. The minimum absolute atomic E-state index is 0.00220. The fraction of sp³-hybridized carbons (Fsp3) is 0.167. The summed E-state index contributed by atoms with van der Waals surface area (Å²) in [4.78, 5) is 10.7. The maximum absolute atomic E-state index is 10.7. The Bertz CT molecular complexity index is 587. The Kier molecular flexibility index (Phi) is 2.59. The van der Waals surface area contributed by atoms with Crippen molar-refractivity contribution in [1.29, 1.82) is 0 Å². The third kappa shape index (κ3) is 1.87. The quantitative estimate of drug-likeness (QED) is 0.740. The molecule has 0 aliphatic heterocycles. The van der Waals surface area contributed by atoms with Gasteiger partial charge in [0.05, 0.1) is 5.69 Å². The molecule has 0 saturated carbocycles. The molecule has 0 radical (unpaired) electrons. The van der Waals surface area contributed by atoms with E-state index in [1.54, 1.807) is 13.0 Å². The van der Waals surface area contributed by atoms with Gasteiger partial charge in [-0.3, -0.25) is 5.10 Å². The smallest absolute Gasteiger partial charge is 0.353 e. The van der Waals surface area contributed by atoms with Crippen LogP contribution in [0.4, 0.5) is 0 Å². The molecule has 1 heterocycles. The van der Waals surface area contributed by atoms with Crippen molar-refractivity contribution in [3.63, 3.8) is 0 Å². The van der Waals surface area contributed by atoms with Gasteiger partial charge in [0.25, 0.3) is 0 Å². The molecule has 2 rings (SSSR count). The van der Waals surface area contributed by atoms with Gasteiger partial charge in [-0.05, 0) is 37.1 Å². The molecular weight excluding hydrogens is 220 g/mol. The molecule has 0 aliphatic rings. The van der Waals surface area contributed by atoms with E-state index in [2.05, 4.69) is 10.2 Å². The van der Waals surface area contributed by atoms with Crippen LogP contribution < -0.4 is 0 Å². The summed E-state index contributed by atoms with van der Waals surface area (Å²) >= 11 is 0. The molecule has 0 unspecified atom stereocenters. The summed E-state index contributed by atoms with van der Waals surface area (Å²) < 4.78 is 0. The summed E-state index contributed by atoms with van der Waals surface area (Å²) in [5.74, 6) is -0.944. The second-order valence-corrected chi connectivity index (χ2v) is 3.88. The molecule has 0 saturated heterocycles. The third-order valence-corrected chi connectivity index (χ3v) is 2.79. The summed E-state index contributed by atoms with van der Waals surface area (Å²) in [5, 5.41) is 25.0. The number of aryl methyl sites for hydroxylation is 1. The second kappa shape index (κ2) is 3.93. The number of carboxylic acid groups (broad SMARTS) is 1. The van der Waals surface area contributed by atoms with Crippen molar-refractivity contribution in [2.75, 3.05) is 0 Å². The van der Waals surface area contributed by atoms with Crippen molar-refractivity contribution in [3.05, 3.63) is 35.0 Å². The predicted molar refractivity (Wildman–Crippen MR) is 62.1 cm³/mol. The fourth-order valence-corrected chi connectivity index (χ4v) is 1.58. The van der Waals surface area contributed by atoms with Crippen LogP contribution in [0.25, 0.3) is 11.3 Å². The van der Waals surface area contributed by atoms with Gasteiger partial charge in [-0.25, -0.2) is 4.79 Å². The number of aromatic nitrogens is 2. The number of nitrogens with one attached hydrogen (secondary N) is 1. The largest absolute Gasteiger partial charge is 0.507 e. The maximum Gasteiger partial charge on any atom is 0.353 e. The van der Waals surface area contributed by atoms with Gasteiger partial charge >= 0.3 is 5.97 Å². The zero-order chi connectivity index (χ0) is 12.6. The van der Waals surface area contributed by atoms with Gasteiger partial charge in [0, 0.05) is 5.56 Å². The van der Waals surface area contributed by atoms with Crippen LogP contribution in [0.2, 0.25) is 0 Å². The summed E-state index contributed by atoms with van der Waals surface area (Å²) in [7, 11) is 0. The van der Waals surface area contributed by atoms with E-state index in [0.29, 0.717) is 11.3 Å². The molecule has 2 aromatic rings. The molecule has 0 fully saturated rings. The minimum atomic E-state index is -1.08. The van der Waals surface area contributed by atoms with Crippen molar-refractivity contribution in [2.24, 2.45) is 0 Å².